The SMILES string of the molecule is COc1cc(C=NNC(N)=S)ccc1OCc1ccc(Cl)c(Cl)c1. The molecule has 0 aliphatic carbocycles. The highest BCUT2D eigenvalue weighted by Crippen LogP contribution is 2.29. The summed E-state index contributed by atoms with van der Waals surface area (Å²) in [5, 5.41) is 4.98. The van der Waals surface area contributed by atoms with Crippen molar-refractivity contribution in [2.45, 2.75) is 6.61 Å². The van der Waals surface area contributed by atoms with Gasteiger partial charge in [-0.15, -0.1) is 0 Å². The highest BCUT2D eigenvalue weighted by Gasteiger charge is 2.07. The van der Waals surface area contributed by atoms with Crippen molar-refractivity contribution in [2.75, 3.05) is 7.11 Å². The van der Waals surface area contributed by atoms with Crippen molar-refractivity contribution in [2.24, 2.45) is 10.8 Å². The van der Waals surface area contributed by atoms with Gasteiger partial charge < -0.3 is 15.2 Å². The van der Waals surface area contributed by atoms with Gasteiger partial charge in [-0.25, -0.2) is 0 Å². The predicted molar refractivity (Wildman–Crippen MR) is 101 cm³/mol. The molecular formula is C16H15Cl2N3O2S. The van der Waals surface area contributed by atoms with Gasteiger partial charge in [0.05, 0.1) is 23.4 Å². The van der Waals surface area contributed by atoms with Crippen LogP contribution in [0.2, 0.25) is 10.0 Å². The number of hydrazone groups is 1. The number of ether oxygens (including phenoxy) is 2. The minimum atomic E-state index is 0.0970. The zero-order valence-electron chi connectivity index (χ0n) is 12.8. The Morgan fingerprint density at radius 2 is 2.00 bits per heavy atom. The standard InChI is InChI=1S/C16H15Cl2N3O2S/c1-22-15-7-10(8-20-21-16(19)24)3-5-14(15)23-9-11-2-4-12(17)13(18)6-11/h2-8H,9H2,1H3,(H3,19,21,24). The van der Waals surface area contributed by atoms with Crippen LogP contribution in [-0.4, -0.2) is 18.4 Å². The molecule has 0 aliphatic rings. The van der Waals surface area contributed by atoms with Gasteiger partial charge in [-0.1, -0.05) is 29.3 Å². The number of methoxy groups -OCH3 is 1. The van der Waals surface area contributed by atoms with Gasteiger partial charge in [-0.2, -0.15) is 5.10 Å². The van der Waals surface area contributed by atoms with E-state index in [9.17, 15) is 0 Å². The van der Waals surface area contributed by atoms with Crippen LogP contribution in [0.1, 0.15) is 11.1 Å². The minimum absolute atomic E-state index is 0.0970. The first kappa shape index (κ1) is 18.3. The summed E-state index contributed by atoms with van der Waals surface area (Å²) in [7, 11) is 1.57. The molecule has 0 aliphatic heterocycles. The number of thiocarbonyl (C=S) groups is 1. The van der Waals surface area contributed by atoms with Crippen molar-refractivity contribution in [3.05, 3.63) is 57.6 Å². The summed E-state index contributed by atoms with van der Waals surface area (Å²) < 4.78 is 11.1. The number of nitrogens with zero attached hydrogens (tertiary/aromatic N) is 1. The van der Waals surface area contributed by atoms with Crippen LogP contribution in [-0.2, 0) is 6.61 Å². The molecule has 0 heterocycles. The third kappa shape index (κ3) is 5.26. The van der Waals surface area contributed by atoms with Gasteiger partial charge in [0, 0.05) is 0 Å². The van der Waals surface area contributed by atoms with E-state index in [0.29, 0.717) is 28.2 Å². The third-order valence-corrected chi connectivity index (χ3v) is 3.78. The first-order valence-corrected chi connectivity index (χ1v) is 7.99. The van der Waals surface area contributed by atoms with Gasteiger partial charge in [0.1, 0.15) is 6.61 Å². The normalized spacial score (nSPS) is 10.6. The molecule has 24 heavy (non-hydrogen) atoms. The van der Waals surface area contributed by atoms with Crippen LogP contribution in [0.5, 0.6) is 11.5 Å². The lowest BCUT2D eigenvalue weighted by molar-refractivity contribution is 0.284. The van der Waals surface area contributed by atoms with Gasteiger partial charge in [0.2, 0.25) is 0 Å². The number of hydrogen-bond donors (Lipinski definition) is 2. The van der Waals surface area contributed by atoms with Gasteiger partial charge in [-0.3, -0.25) is 5.43 Å². The monoisotopic (exact) mass is 383 g/mol. The molecule has 3 N–H and O–H groups in total. The predicted octanol–water partition coefficient (Wildman–Crippen LogP) is 3.75. The molecule has 0 amide bonds. The highest BCUT2D eigenvalue weighted by molar-refractivity contribution is 7.80. The van der Waals surface area contributed by atoms with Crippen LogP contribution in [0.25, 0.3) is 0 Å². The van der Waals surface area contributed by atoms with Crippen molar-refractivity contribution in [3.63, 3.8) is 0 Å². The lowest BCUT2D eigenvalue weighted by Crippen LogP contribution is -2.23. The molecule has 2 rings (SSSR count). The minimum Gasteiger partial charge on any atom is -0.493 e. The molecule has 2 aromatic rings. The molecule has 2 aromatic carbocycles. The number of nitrogens with one attached hydrogen (secondary N) is 1. The van der Waals surface area contributed by atoms with Crippen molar-refractivity contribution in [1.82, 2.24) is 5.43 Å². The topological polar surface area (TPSA) is 68.9 Å². The Bertz CT molecular complexity index is 769. The average Bonchev–Trinajstić information content (AvgIpc) is 2.56. The Balaban J connectivity index is 2.08. The van der Waals surface area contributed by atoms with Crippen LogP contribution in [0.15, 0.2) is 41.5 Å². The zero-order chi connectivity index (χ0) is 17.5. The zero-order valence-corrected chi connectivity index (χ0v) is 15.1. The van der Waals surface area contributed by atoms with Crippen molar-refractivity contribution in [3.8, 4) is 11.5 Å². The van der Waals surface area contributed by atoms with E-state index in [1.807, 2.05) is 12.1 Å². The average molecular weight is 384 g/mol. The molecular weight excluding hydrogens is 369 g/mol. The molecule has 8 heteroatoms. The van der Waals surface area contributed by atoms with E-state index in [2.05, 4.69) is 22.7 Å². The quantitative estimate of drug-likeness (QED) is 0.451. The first-order chi connectivity index (χ1) is 11.5. The number of rotatable bonds is 6. The Hall–Kier alpha value is -2.02. The van der Waals surface area contributed by atoms with Crippen LogP contribution in [0.3, 0.4) is 0 Å². The summed E-state index contributed by atoms with van der Waals surface area (Å²) in [4.78, 5) is 0. The first-order valence-electron chi connectivity index (χ1n) is 6.83. The van der Waals surface area contributed by atoms with Gasteiger partial charge in [0.15, 0.2) is 16.6 Å². The fourth-order valence-corrected chi connectivity index (χ4v) is 2.22. The maximum absolute atomic E-state index is 5.99. The molecule has 0 saturated heterocycles. The Kier molecular flexibility index (Phi) is 6.66. The summed E-state index contributed by atoms with van der Waals surface area (Å²) in [5.41, 5.74) is 9.49. The van der Waals surface area contributed by atoms with Gasteiger partial charge in [0.25, 0.3) is 0 Å². The second-order valence-corrected chi connectivity index (χ2v) is 5.94. The maximum atomic E-state index is 5.99. The summed E-state index contributed by atoms with van der Waals surface area (Å²) in [6, 6.07) is 10.8. The summed E-state index contributed by atoms with van der Waals surface area (Å²) >= 11 is 16.6. The third-order valence-electron chi connectivity index (χ3n) is 2.95. The summed E-state index contributed by atoms with van der Waals surface area (Å²) in [6.45, 7) is 0.337. The largest absolute Gasteiger partial charge is 0.493 e. The van der Waals surface area contributed by atoms with E-state index < -0.39 is 0 Å². The lowest BCUT2D eigenvalue weighted by Gasteiger charge is -2.11. The molecule has 126 valence electrons. The molecule has 0 bridgehead atoms. The molecule has 0 aromatic heterocycles. The molecule has 5 nitrogen and oxygen atoms in total. The number of benzene rings is 2. The summed E-state index contributed by atoms with van der Waals surface area (Å²) in [6.07, 6.45) is 1.57. The molecule has 0 spiro atoms. The van der Waals surface area contributed by atoms with Gasteiger partial charge >= 0.3 is 0 Å². The molecule has 0 saturated carbocycles. The maximum Gasteiger partial charge on any atom is 0.184 e. The van der Waals surface area contributed by atoms with Crippen LogP contribution in [0.4, 0.5) is 0 Å². The molecule has 0 fully saturated rings. The second kappa shape index (κ2) is 8.73. The van der Waals surface area contributed by atoms with E-state index in [4.69, 9.17) is 38.4 Å². The fourth-order valence-electron chi connectivity index (χ4n) is 1.84. The van der Waals surface area contributed by atoms with Crippen LogP contribution < -0.4 is 20.6 Å². The molecule has 0 radical (unpaired) electrons. The number of hydrogen-bond acceptors (Lipinski definition) is 4. The van der Waals surface area contributed by atoms with E-state index >= 15 is 0 Å². The number of halogens is 2. The smallest absolute Gasteiger partial charge is 0.184 e. The number of nitrogens with two attached hydrogens (primary N) is 1. The lowest BCUT2D eigenvalue weighted by atomic mass is 10.2. The van der Waals surface area contributed by atoms with Crippen molar-refractivity contribution < 1.29 is 9.47 Å². The van der Waals surface area contributed by atoms with Crippen LogP contribution >= 0.6 is 35.4 Å². The Labute approximate surface area is 155 Å². The Morgan fingerprint density at radius 1 is 1.21 bits per heavy atom. The van der Waals surface area contributed by atoms with Crippen molar-refractivity contribution >= 4 is 46.7 Å². The van der Waals surface area contributed by atoms with E-state index in [0.717, 1.165) is 11.1 Å². The van der Waals surface area contributed by atoms with Gasteiger partial charge in [-0.05, 0) is 53.7 Å². The van der Waals surface area contributed by atoms with E-state index in [-0.39, 0.29) is 5.11 Å². The Morgan fingerprint density at radius 3 is 2.67 bits per heavy atom. The van der Waals surface area contributed by atoms with E-state index in [1.165, 1.54) is 0 Å². The summed E-state index contributed by atoms with van der Waals surface area (Å²) in [5.74, 6) is 1.18. The molecule has 0 atom stereocenters. The van der Waals surface area contributed by atoms with E-state index in [1.54, 1.807) is 37.6 Å². The highest BCUT2D eigenvalue weighted by atomic mass is 35.5. The molecule has 0 unspecified atom stereocenters. The fraction of sp³-hybridized carbons (Fsp3) is 0.125. The van der Waals surface area contributed by atoms with Crippen molar-refractivity contribution in [1.29, 1.82) is 0 Å². The van der Waals surface area contributed by atoms with Crippen LogP contribution in [0, 0.1) is 0 Å². The second-order valence-electron chi connectivity index (χ2n) is 4.68.